The molecule has 0 amide bonds. The first-order chi connectivity index (χ1) is 11.7. The van der Waals surface area contributed by atoms with Gasteiger partial charge in [-0.05, 0) is 43.2 Å². The largest absolute Gasteiger partial charge is 0.341 e. The zero-order valence-corrected chi connectivity index (χ0v) is 15.4. The minimum absolute atomic E-state index is 0.571. The third kappa shape index (κ3) is 3.40. The number of rotatable bonds is 5. The standard InChI is InChI=1S/C17H22ClN5S/c1-12-6-9-22(10-7-12)16-20-21-17(23(16)14-4-5-14)24-11-13-3-2-8-19-15(13)18/h2-3,8,12,14H,4-7,9-11H2,1H3. The Bertz CT molecular complexity index is 707. The molecule has 2 aliphatic rings. The summed E-state index contributed by atoms with van der Waals surface area (Å²) in [6.45, 7) is 4.51. The quantitative estimate of drug-likeness (QED) is 0.588. The van der Waals surface area contributed by atoms with E-state index in [4.69, 9.17) is 11.6 Å². The highest BCUT2D eigenvalue weighted by Gasteiger charge is 2.32. The molecule has 128 valence electrons. The molecule has 5 nitrogen and oxygen atoms in total. The predicted molar refractivity (Wildman–Crippen MR) is 97.7 cm³/mol. The third-order valence-corrected chi connectivity index (χ3v) is 6.15. The summed E-state index contributed by atoms with van der Waals surface area (Å²) in [6, 6.07) is 4.52. The number of thioether (sulfide) groups is 1. The van der Waals surface area contributed by atoms with Gasteiger partial charge in [-0.2, -0.15) is 0 Å². The van der Waals surface area contributed by atoms with Crippen molar-refractivity contribution >= 4 is 29.3 Å². The molecule has 1 aliphatic heterocycles. The van der Waals surface area contributed by atoms with E-state index in [1.807, 2.05) is 12.1 Å². The van der Waals surface area contributed by atoms with Crippen molar-refractivity contribution in [2.45, 2.75) is 49.6 Å². The molecule has 24 heavy (non-hydrogen) atoms. The number of nitrogens with zero attached hydrogens (tertiary/aromatic N) is 5. The Morgan fingerprint density at radius 3 is 2.71 bits per heavy atom. The van der Waals surface area contributed by atoms with Crippen molar-refractivity contribution < 1.29 is 0 Å². The van der Waals surface area contributed by atoms with Gasteiger partial charge in [0.15, 0.2) is 5.16 Å². The molecule has 0 aromatic carbocycles. The van der Waals surface area contributed by atoms with E-state index in [1.165, 1.54) is 25.7 Å². The second kappa shape index (κ2) is 6.92. The highest BCUT2D eigenvalue weighted by atomic mass is 35.5. The van der Waals surface area contributed by atoms with E-state index in [-0.39, 0.29) is 0 Å². The number of anilines is 1. The van der Waals surface area contributed by atoms with Crippen LogP contribution in [-0.2, 0) is 5.75 Å². The monoisotopic (exact) mass is 363 g/mol. The molecule has 1 saturated carbocycles. The molecule has 4 rings (SSSR count). The van der Waals surface area contributed by atoms with Gasteiger partial charge in [-0.15, -0.1) is 10.2 Å². The van der Waals surface area contributed by atoms with Gasteiger partial charge < -0.3 is 4.90 Å². The Balaban J connectivity index is 1.52. The van der Waals surface area contributed by atoms with Crippen LogP contribution in [0.25, 0.3) is 0 Å². The van der Waals surface area contributed by atoms with E-state index < -0.39 is 0 Å². The lowest BCUT2D eigenvalue weighted by atomic mass is 10.00. The molecule has 0 N–H and O–H groups in total. The van der Waals surface area contributed by atoms with Crippen molar-refractivity contribution in [1.29, 1.82) is 0 Å². The van der Waals surface area contributed by atoms with Crippen LogP contribution in [0.5, 0.6) is 0 Å². The van der Waals surface area contributed by atoms with Crippen LogP contribution in [-0.4, -0.2) is 32.8 Å². The summed E-state index contributed by atoms with van der Waals surface area (Å²) in [6.07, 6.45) is 6.67. The molecule has 2 aromatic rings. The number of pyridine rings is 1. The smallest absolute Gasteiger partial charge is 0.228 e. The Morgan fingerprint density at radius 1 is 1.21 bits per heavy atom. The molecular weight excluding hydrogens is 342 g/mol. The first-order valence-electron chi connectivity index (χ1n) is 8.64. The van der Waals surface area contributed by atoms with E-state index in [1.54, 1.807) is 18.0 Å². The SMILES string of the molecule is CC1CCN(c2nnc(SCc3cccnc3Cl)n2C2CC2)CC1. The number of halogens is 1. The summed E-state index contributed by atoms with van der Waals surface area (Å²) in [4.78, 5) is 6.56. The summed E-state index contributed by atoms with van der Waals surface area (Å²) >= 11 is 7.88. The summed E-state index contributed by atoms with van der Waals surface area (Å²) in [7, 11) is 0. The zero-order chi connectivity index (χ0) is 16.5. The van der Waals surface area contributed by atoms with Gasteiger partial charge >= 0.3 is 0 Å². The molecule has 1 saturated heterocycles. The van der Waals surface area contributed by atoms with Crippen molar-refractivity contribution in [2.75, 3.05) is 18.0 Å². The molecule has 2 fully saturated rings. The molecule has 0 bridgehead atoms. The Hall–Kier alpha value is -1.27. The van der Waals surface area contributed by atoms with Crippen molar-refractivity contribution in [3.8, 4) is 0 Å². The lowest BCUT2D eigenvalue weighted by Crippen LogP contribution is -2.34. The van der Waals surface area contributed by atoms with E-state index in [0.717, 1.165) is 41.4 Å². The normalized spacial score (nSPS) is 19.0. The first kappa shape index (κ1) is 16.2. The molecule has 1 aliphatic carbocycles. The highest BCUT2D eigenvalue weighted by Crippen LogP contribution is 2.42. The molecule has 0 radical (unpaired) electrons. The topological polar surface area (TPSA) is 46.8 Å². The lowest BCUT2D eigenvalue weighted by Gasteiger charge is -2.31. The fourth-order valence-electron chi connectivity index (χ4n) is 3.11. The van der Waals surface area contributed by atoms with E-state index in [0.29, 0.717) is 11.2 Å². The third-order valence-electron chi connectivity index (χ3n) is 4.82. The van der Waals surface area contributed by atoms with E-state index >= 15 is 0 Å². The summed E-state index contributed by atoms with van der Waals surface area (Å²) in [5.74, 6) is 2.65. The molecule has 0 spiro atoms. The second-order valence-electron chi connectivity index (χ2n) is 6.80. The summed E-state index contributed by atoms with van der Waals surface area (Å²) < 4.78 is 2.35. The van der Waals surface area contributed by atoms with E-state index in [9.17, 15) is 0 Å². The van der Waals surface area contributed by atoms with Gasteiger partial charge in [0, 0.05) is 31.1 Å². The minimum Gasteiger partial charge on any atom is -0.341 e. The average molecular weight is 364 g/mol. The average Bonchev–Trinajstić information content (AvgIpc) is 3.35. The van der Waals surface area contributed by atoms with Crippen molar-refractivity contribution in [3.63, 3.8) is 0 Å². The molecule has 0 unspecified atom stereocenters. The molecule has 7 heteroatoms. The van der Waals surface area contributed by atoms with Crippen LogP contribution in [0.4, 0.5) is 5.95 Å². The molecule has 3 heterocycles. The van der Waals surface area contributed by atoms with Gasteiger partial charge in [0.25, 0.3) is 0 Å². The molecule has 0 atom stereocenters. The summed E-state index contributed by atoms with van der Waals surface area (Å²) in [5, 5.41) is 10.6. The Morgan fingerprint density at radius 2 is 2.00 bits per heavy atom. The van der Waals surface area contributed by atoms with Crippen LogP contribution in [0.1, 0.15) is 44.2 Å². The summed E-state index contributed by atoms with van der Waals surface area (Å²) in [5.41, 5.74) is 1.04. The second-order valence-corrected chi connectivity index (χ2v) is 8.10. The van der Waals surface area contributed by atoms with Gasteiger partial charge in [-0.1, -0.05) is 36.4 Å². The Labute approximate surface area is 151 Å². The number of hydrogen-bond donors (Lipinski definition) is 0. The maximum absolute atomic E-state index is 6.17. The van der Waals surface area contributed by atoms with Crippen LogP contribution in [0.3, 0.4) is 0 Å². The van der Waals surface area contributed by atoms with Crippen LogP contribution >= 0.6 is 23.4 Å². The van der Waals surface area contributed by atoms with Crippen LogP contribution in [0, 0.1) is 5.92 Å². The van der Waals surface area contributed by atoms with Crippen molar-refractivity contribution in [1.82, 2.24) is 19.7 Å². The van der Waals surface area contributed by atoms with Crippen molar-refractivity contribution in [2.24, 2.45) is 5.92 Å². The van der Waals surface area contributed by atoms with Gasteiger partial charge in [0.05, 0.1) is 0 Å². The molecular formula is C17H22ClN5S. The van der Waals surface area contributed by atoms with Gasteiger partial charge in [0.1, 0.15) is 5.15 Å². The Kier molecular flexibility index (Phi) is 4.68. The zero-order valence-electron chi connectivity index (χ0n) is 13.9. The van der Waals surface area contributed by atoms with Gasteiger partial charge in [-0.3, -0.25) is 4.57 Å². The molecule has 2 aromatic heterocycles. The van der Waals surface area contributed by atoms with E-state index in [2.05, 4.69) is 31.6 Å². The maximum atomic E-state index is 6.17. The minimum atomic E-state index is 0.571. The van der Waals surface area contributed by atoms with Crippen LogP contribution in [0.15, 0.2) is 23.5 Å². The lowest BCUT2D eigenvalue weighted by molar-refractivity contribution is 0.429. The first-order valence-corrected chi connectivity index (χ1v) is 10.0. The predicted octanol–water partition coefficient (Wildman–Crippen LogP) is 4.19. The van der Waals surface area contributed by atoms with Gasteiger partial charge in [0.2, 0.25) is 5.95 Å². The number of piperidine rings is 1. The number of hydrogen-bond acceptors (Lipinski definition) is 5. The van der Waals surface area contributed by atoms with Crippen LogP contribution < -0.4 is 4.90 Å². The number of aromatic nitrogens is 4. The van der Waals surface area contributed by atoms with Crippen LogP contribution in [0.2, 0.25) is 5.15 Å². The maximum Gasteiger partial charge on any atom is 0.228 e. The fourth-order valence-corrected chi connectivity index (χ4v) is 4.36. The van der Waals surface area contributed by atoms with Gasteiger partial charge in [-0.25, -0.2) is 4.98 Å². The fraction of sp³-hybridized carbons (Fsp3) is 0.588. The van der Waals surface area contributed by atoms with Crippen molar-refractivity contribution in [3.05, 3.63) is 29.0 Å². The highest BCUT2D eigenvalue weighted by molar-refractivity contribution is 7.98.